The summed E-state index contributed by atoms with van der Waals surface area (Å²) in [7, 11) is 0. The van der Waals surface area contributed by atoms with Crippen LogP contribution in [0.3, 0.4) is 0 Å². The van der Waals surface area contributed by atoms with Gasteiger partial charge in [0.1, 0.15) is 11.6 Å². The number of benzene rings is 1. The zero-order valence-electron chi connectivity index (χ0n) is 22.0. The normalized spacial score (nSPS) is 24.5. The molecule has 9 heteroatoms. The predicted octanol–water partition coefficient (Wildman–Crippen LogP) is 5.93. The SMILES string of the molecule is CC(C)c1noc(N2CCC(C3CC3CCOc3ccc(CCN4CCC(F)(F)CC4)c(F)c3)CC2)n1. The fraction of sp³-hybridized carbons (Fsp3) is 0.714. The molecule has 1 aliphatic carbocycles. The average Bonchev–Trinajstić information content (AvgIpc) is 3.46. The molecule has 0 amide bonds. The van der Waals surface area contributed by atoms with E-state index < -0.39 is 5.92 Å². The molecule has 0 N–H and O–H groups in total. The van der Waals surface area contributed by atoms with Crippen molar-refractivity contribution in [2.24, 2.45) is 17.8 Å². The molecular weight excluding hydrogens is 481 g/mol. The minimum atomic E-state index is -2.55. The first kappa shape index (κ1) is 26.3. The van der Waals surface area contributed by atoms with Crippen LogP contribution in [0.15, 0.2) is 22.7 Å². The van der Waals surface area contributed by atoms with Crippen LogP contribution in [0.25, 0.3) is 0 Å². The lowest BCUT2D eigenvalue weighted by Crippen LogP contribution is -2.40. The van der Waals surface area contributed by atoms with Gasteiger partial charge < -0.3 is 19.1 Å². The molecule has 3 fully saturated rings. The first-order chi connectivity index (χ1) is 17.8. The molecule has 2 aromatic rings. The Balaban J connectivity index is 0.991. The van der Waals surface area contributed by atoms with Gasteiger partial charge in [-0.05, 0) is 61.5 Å². The van der Waals surface area contributed by atoms with Crippen LogP contribution in [0.4, 0.5) is 19.2 Å². The third kappa shape index (κ3) is 6.78. The molecule has 2 aliphatic heterocycles. The van der Waals surface area contributed by atoms with E-state index in [-0.39, 0.29) is 24.6 Å². The minimum absolute atomic E-state index is 0.108. The number of likely N-dealkylation sites (tertiary alicyclic amines) is 1. The van der Waals surface area contributed by atoms with Gasteiger partial charge in [0.15, 0.2) is 5.82 Å². The molecule has 37 heavy (non-hydrogen) atoms. The maximum Gasteiger partial charge on any atom is 0.324 e. The fourth-order valence-electron chi connectivity index (χ4n) is 5.82. The number of piperidine rings is 2. The lowest BCUT2D eigenvalue weighted by Gasteiger charge is -2.31. The van der Waals surface area contributed by atoms with Crippen LogP contribution in [-0.2, 0) is 6.42 Å². The van der Waals surface area contributed by atoms with E-state index in [9.17, 15) is 13.2 Å². The van der Waals surface area contributed by atoms with Crippen molar-refractivity contribution in [3.8, 4) is 5.75 Å². The molecule has 1 aromatic carbocycles. The number of anilines is 1. The summed E-state index contributed by atoms with van der Waals surface area (Å²) >= 11 is 0. The molecule has 0 radical (unpaired) electrons. The summed E-state index contributed by atoms with van der Waals surface area (Å²) in [6, 6.07) is 5.70. The molecule has 2 unspecified atom stereocenters. The Morgan fingerprint density at radius 1 is 1.14 bits per heavy atom. The van der Waals surface area contributed by atoms with E-state index in [0.717, 1.165) is 50.0 Å². The van der Waals surface area contributed by atoms with Crippen LogP contribution in [0, 0.1) is 23.6 Å². The number of halogens is 3. The second-order valence-corrected chi connectivity index (χ2v) is 11.4. The highest BCUT2D eigenvalue weighted by Gasteiger charge is 2.43. The van der Waals surface area contributed by atoms with E-state index in [1.54, 1.807) is 6.07 Å². The third-order valence-electron chi connectivity index (χ3n) is 8.41. The smallest absolute Gasteiger partial charge is 0.324 e. The summed E-state index contributed by atoms with van der Waals surface area (Å²) in [4.78, 5) is 8.73. The van der Waals surface area contributed by atoms with E-state index in [1.807, 2.05) is 11.0 Å². The van der Waals surface area contributed by atoms with Crippen molar-refractivity contribution < 1.29 is 22.4 Å². The molecule has 0 bridgehead atoms. The van der Waals surface area contributed by atoms with Crippen molar-refractivity contribution in [2.75, 3.05) is 44.2 Å². The Morgan fingerprint density at radius 3 is 2.57 bits per heavy atom. The molecule has 2 atom stereocenters. The van der Waals surface area contributed by atoms with E-state index in [2.05, 4.69) is 28.9 Å². The minimum Gasteiger partial charge on any atom is -0.493 e. The van der Waals surface area contributed by atoms with Gasteiger partial charge in [0.25, 0.3) is 5.92 Å². The maximum absolute atomic E-state index is 14.6. The summed E-state index contributed by atoms with van der Waals surface area (Å²) in [5.74, 6) is 0.943. The first-order valence-electron chi connectivity index (χ1n) is 13.9. The highest BCUT2D eigenvalue weighted by molar-refractivity contribution is 5.29. The van der Waals surface area contributed by atoms with Gasteiger partial charge in [0.05, 0.1) is 6.61 Å². The Labute approximate surface area is 217 Å². The number of aromatic nitrogens is 2. The highest BCUT2D eigenvalue weighted by atomic mass is 19.3. The first-order valence-corrected chi connectivity index (χ1v) is 13.9. The molecule has 3 aliphatic rings. The van der Waals surface area contributed by atoms with Crippen molar-refractivity contribution >= 4 is 6.01 Å². The Hall–Kier alpha value is -2.29. The summed E-state index contributed by atoms with van der Waals surface area (Å²) < 4.78 is 52.5. The summed E-state index contributed by atoms with van der Waals surface area (Å²) in [5.41, 5.74) is 0.610. The number of nitrogens with zero attached hydrogens (tertiary/aromatic N) is 4. The van der Waals surface area contributed by atoms with Crippen molar-refractivity contribution in [1.82, 2.24) is 15.0 Å². The van der Waals surface area contributed by atoms with Gasteiger partial charge in [-0.1, -0.05) is 25.1 Å². The Bertz CT molecular complexity index is 1030. The van der Waals surface area contributed by atoms with Crippen LogP contribution in [0.1, 0.15) is 69.7 Å². The van der Waals surface area contributed by atoms with Crippen LogP contribution in [0.5, 0.6) is 5.75 Å². The maximum atomic E-state index is 14.6. The molecule has 1 saturated carbocycles. The Kier molecular flexibility index (Phi) is 7.98. The van der Waals surface area contributed by atoms with E-state index >= 15 is 0 Å². The van der Waals surface area contributed by atoms with Crippen LogP contribution >= 0.6 is 0 Å². The average molecular weight is 521 g/mol. The molecule has 2 saturated heterocycles. The second-order valence-electron chi connectivity index (χ2n) is 11.4. The van der Waals surface area contributed by atoms with Gasteiger partial charge >= 0.3 is 6.01 Å². The number of ether oxygens (including phenoxy) is 1. The van der Waals surface area contributed by atoms with Crippen molar-refractivity contribution in [2.45, 2.75) is 70.6 Å². The van der Waals surface area contributed by atoms with E-state index in [1.165, 1.54) is 12.5 Å². The van der Waals surface area contributed by atoms with Gasteiger partial charge in [0, 0.05) is 57.5 Å². The largest absolute Gasteiger partial charge is 0.493 e. The van der Waals surface area contributed by atoms with Gasteiger partial charge in [-0.15, -0.1) is 0 Å². The summed E-state index contributed by atoms with van der Waals surface area (Å²) in [6.45, 7) is 7.99. The van der Waals surface area contributed by atoms with Gasteiger partial charge in [-0.25, -0.2) is 13.2 Å². The molecule has 1 aromatic heterocycles. The monoisotopic (exact) mass is 520 g/mol. The predicted molar refractivity (Wildman–Crippen MR) is 136 cm³/mol. The van der Waals surface area contributed by atoms with Crippen LogP contribution in [0.2, 0.25) is 0 Å². The topological polar surface area (TPSA) is 54.6 Å². The molecule has 0 spiro atoms. The summed E-state index contributed by atoms with van der Waals surface area (Å²) in [6.07, 6.45) is 4.84. The highest BCUT2D eigenvalue weighted by Crippen LogP contribution is 2.50. The van der Waals surface area contributed by atoms with Gasteiger partial charge in [-0.3, -0.25) is 0 Å². The van der Waals surface area contributed by atoms with Crippen LogP contribution in [-0.4, -0.2) is 60.3 Å². The molecule has 204 valence electrons. The lowest BCUT2D eigenvalue weighted by molar-refractivity contribution is -0.0548. The second kappa shape index (κ2) is 11.2. The third-order valence-corrected chi connectivity index (χ3v) is 8.41. The molecule has 6 nitrogen and oxygen atoms in total. The van der Waals surface area contributed by atoms with E-state index in [4.69, 9.17) is 9.26 Å². The number of hydrogen-bond donors (Lipinski definition) is 0. The van der Waals surface area contributed by atoms with E-state index in [0.29, 0.717) is 55.9 Å². The van der Waals surface area contributed by atoms with Gasteiger partial charge in [0.2, 0.25) is 0 Å². The van der Waals surface area contributed by atoms with Crippen molar-refractivity contribution in [3.05, 3.63) is 35.4 Å². The number of alkyl halides is 2. The lowest BCUT2D eigenvalue weighted by atomic mass is 9.90. The molecule has 5 rings (SSSR count). The fourth-order valence-corrected chi connectivity index (χ4v) is 5.82. The van der Waals surface area contributed by atoms with Crippen LogP contribution < -0.4 is 9.64 Å². The molecule has 3 heterocycles. The van der Waals surface area contributed by atoms with Crippen molar-refractivity contribution in [1.29, 1.82) is 0 Å². The quantitative estimate of drug-likeness (QED) is 0.387. The zero-order chi connectivity index (χ0) is 26.0. The van der Waals surface area contributed by atoms with Gasteiger partial charge in [-0.2, -0.15) is 4.98 Å². The zero-order valence-corrected chi connectivity index (χ0v) is 22.0. The number of hydrogen-bond acceptors (Lipinski definition) is 6. The summed E-state index contributed by atoms with van der Waals surface area (Å²) in [5, 5.41) is 4.08. The standard InChI is InChI=1S/C28H39F3N4O2/c1-19(2)26-32-27(37-33-26)35-12-6-20(7-13-35)24-17-22(24)8-16-36-23-4-3-21(25(29)18-23)5-11-34-14-9-28(30,31)10-15-34/h3-4,18-20,22,24H,5-17H2,1-2H3. The van der Waals surface area contributed by atoms with Crippen molar-refractivity contribution in [3.63, 3.8) is 0 Å². The Morgan fingerprint density at radius 2 is 1.89 bits per heavy atom. The molecular formula is C28H39F3N4O2. The number of rotatable bonds is 10.